The number of alkyl halides is 3. The summed E-state index contributed by atoms with van der Waals surface area (Å²) >= 11 is 6.74. The molecule has 0 radical (unpaired) electrons. The van der Waals surface area contributed by atoms with E-state index in [2.05, 4.69) is 58.4 Å². The van der Waals surface area contributed by atoms with Gasteiger partial charge in [0.15, 0.2) is 5.54 Å². The van der Waals surface area contributed by atoms with Crippen molar-refractivity contribution in [3.05, 3.63) is 83.0 Å². The highest BCUT2D eigenvalue weighted by Gasteiger charge is 2.67. The molecule has 0 spiro atoms. The van der Waals surface area contributed by atoms with Crippen LogP contribution in [0.2, 0.25) is 5.02 Å². The van der Waals surface area contributed by atoms with Gasteiger partial charge in [-0.2, -0.15) is 18.4 Å². The number of nitrogens with one attached hydrogen (secondary N) is 4. The first-order valence-corrected chi connectivity index (χ1v) is 14.2. The highest BCUT2D eigenvalue weighted by Crippen LogP contribution is 2.54. The van der Waals surface area contributed by atoms with Gasteiger partial charge in [0, 0.05) is 53.4 Å². The van der Waals surface area contributed by atoms with Crippen molar-refractivity contribution in [2.45, 2.75) is 51.4 Å². The minimum Gasteiger partial charge on any atom is -0.383 e. The number of pyridine rings is 2. The van der Waals surface area contributed by atoms with Crippen LogP contribution in [-0.4, -0.2) is 33.2 Å². The van der Waals surface area contributed by atoms with E-state index in [9.17, 15) is 18.4 Å². The van der Waals surface area contributed by atoms with Crippen LogP contribution in [0.4, 0.5) is 24.5 Å². The van der Waals surface area contributed by atoms with Crippen molar-refractivity contribution in [2.75, 3.05) is 17.2 Å². The summed E-state index contributed by atoms with van der Waals surface area (Å²) in [6.45, 7) is 6.85. The molecule has 4 aromatic rings. The second-order valence-electron chi connectivity index (χ2n) is 12.2. The van der Waals surface area contributed by atoms with Crippen molar-refractivity contribution in [1.82, 2.24) is 25.9 Å². The monoisotopic (exact) mass is 606 g/mol. The van der Waals surface area contributed by atoms with Gasteiger partial charge in [0.2, 0.25) is 0 Å². The molecule has 43 heavy (non-hydrogen) atoms. The van der Waals surface area contributed by atoms with Gasteiger partial charge >= 0.3 is 6.18 Å². The molecule has 0 bridgehead atoms. The fourth-order valence-electron chi connectivity index (χ4n) is 5.32. The first-order valence-electron chi connectivity index (χ1n) is 13.9. The van der Waals surface area contributed by atoms with E-state index in [1.165, 1.54) is 12.4 Å². The fourth-order valence-corrected chi connectivity index (χ4v) is 5.58. The molecule has 4 N–H and O–H groups in total. The Kier molecular flexibility index (Phi) is 7.02. The molecular weight excluding hydrogens is 577 g/mol. The number of anilines is 2. The maximum Gasteiger partial charge on any atom is 0.413 e. The number of rotatable bonds is 7. The maximum absolute atomic E-state index is 14.0. The third-order valence-electron chi connectivity index (χ3n) is 7.77. The lowest BCUT2D eigenvalue weighted by atomic mass is 9.96. The number of nitriles is 1. The highest BCUT2D eigenvalue weighted by atomic mass is 35.5. The average Bonchev–Trinajstić information content (AvgIpc) is 3.65. The highest BCUT2D eigenvalue weighted by molar-refractivity contribution is 6.35. The molecule has 0 unspecified atom stereocenters. The molecule has 12 heteroatoms. The number of benzene rings is 2. The third-order valence-corrected chi connectivity index (χ3v) is 8.06. The Hall–Kier alpha value is -4.27. The van der Waals surface area contributed by atoms with E-state index in [-0.39, 0.29) is 18.3 Å². The second kappa shape index (κ2) is 10.5. The van der Waals surface area contributed by atoms with Crippen LogP contribution < -0.4 is 21.6 Å². The lowest BCUT2D eigenvalue weighted by molar-refractivity contribution is -0.195. The summed E-state index contributed by atoms with van der Waals surface area (Å²) in [6, 6.07) is 12.8. The number of fused-ring (bicyclic) bond motifs is 2. The van der Waals surface area contributed by atoms with E-state index in [0.29, 0.717) is 45.1 Å². The molecule has 2 aromatic carbocycles. The molecule has 6 rings (SSSR count). The number of halogens is 4. The van der Waals surface area contributed by atoms with Gasteiger partial charge in [-0.05, 0) is 35.8 Å². The van der Waals surface area contributed by atoms with Gasteiger partial charge in [-0.1, -0.05) is 56.6 Å². The molecule has 0 amide bonds. The van der Waals surface area contributed by atoms with Crippen molar-refractivity contribution in [2.24, 2.45) is 5.41 Å². The van der Waals surface area contributed by atoms with Gasteiger partial charge in [-0.3, -0.25) is 15.0 Å². The minimum absolute atomic E-state index is 0.00172. The van der Waals surface area contributed by atoms with Gasteiger partial charge in [0.1, 0.15) is 6.07 Å². The number of hydrazine groups is 2. The topological polar surface area (TPSA) is 101 Å². The number of nitrogens with zero attached hydrogens (tertiary/aromatic N) is 4. The quantitative estimate of drug-likeness (QED) is 0.176. The maximum atomic E-state index is 14.0. The summed E-state index contributed by atoms with van der Waals surface area (Å²) < 4.78 is 41.9. The number of hydrogen-bond donors (Lipinski definition) is 4. The standard InChI is InChI=1S/C31H30ClF3N8/c1-29(2,3)17-39-26-19(12-36)14-38-27-22(26)10-20(11-24(27)32)40-28(23-15-37-13-18-6-4-5-7-21(18)23)25-16-43(42-41-25)30(8-9-30)31(33,34)35/h4-7,10-11,13-16,28,40-42H,8-9,17H2,1-3H3,(H,38,39)/t28-/m0/s1. The Labute approximate surface area is 251 Å². The molecule has 1 aliphatic heterocycles. The van der Waals surface area contributed by atoms with E-state index in [1.54, 1.807) is 18.5 Å². The Morgan fingerprint density at radius 3 is 2.58 bits per heavy atom. The van der Waals surface area contributed by atoms with E-state index in [4.69, 9.17) is 11.6 Å². The molecular formula is C31H30ClF3N8. The smallest absolute Gasteiger partial charge is 0.383 e. The zero-order chi connectivity index (χ0) is 30.6. The van der Waals surface area contributed by atoms with E-state index < -0.39 is 17.8 Å². The van der Waals surface area contributed by atoms with Gasteiger partial charge in [0.25, 0.3) is 0 Å². The van der Waals surface area contributed by atoms with Gasteiger partial charge in [-0.15, -0.1) is 5.53 Å². The van der Waals surface area contributed by atoms with Crippen LogP contribution in [0.1, 0.15) is 50.8 Å². The third kappa shape index (κ3) is 5.37. The van der Waals surface area contributed by atoms with E-state index in [0.717, 1.165) is 21.3 Å². The molecule has 222 valence electrons. The summed E-state index contributed by atoms with van der Waals surface area (Å²) in [5, 5.41) is 20.6. The molecule has 2 aromatic heterocycles. The summed E-state index contributed by atoms with van der Waals surface area (Å²) in [6.07, 6.45) is 2.02. The van der Waals surface area contributed by atoms with Crippen LogP contribution in [0, 0.1) is 16.7 Å². The molecule has 1 atom stereocenters. The van der Waals surface area contributed by atoms with Crippen molar-refractivity contribution in [3.63, 3.8) is 0 Å². The Balaban J connectivity index is 1.46. The summed E-state index contributed by atoms with van der Waals surface area (Å²) in [7, 11) is 0. The molecule has 0 saturated heterocycles. The van der Waals surface area contributed by atoms with Crippen LogP contribution in [0.15, 0.2) is 66.9 Å². The Morgan fingerprint density at radius 1 is 1.12 bits per heavy atom. The van der Waals surface area contributed by atoms with Crippen LogP contribution >= 0.6 is 11.6 Å². The molecule has 1 saturated carbocycles. The minimum atomic E-state index is -4.40. The van der Waals surface area contributed by atoms with Crippen LogP contribution in [0.5, 0.6) is 0 Å². The second-order valence-corrected chi connectivity index (χ2v) is 12.6. The van der Waals surface area contributed by atoms with Gasteiger partial charge in [-0.25, -0.2) is 0 Å². The molecule has 1 fully saturated rings. The zero-order valence-corrected chi connectivity index (χ0v) is 24.5. The van der Waals surface area contributed by atoms with Crippen LogP contribution in [0.3, 0.4) is 0 Å². The summed E-state index contributed by atoms with van der Waals surface area (Å²) in [4.78, 5) is 8.87. The lowest BCUT2D eigenvalue weighted by Crippen LogP contribution is -2.52. The number of hydrogen-bond acceptors (Lipinski definition) is 8. The van der Waals surface area contributed by atoms with Crippen molar-refractivity contribution in [1.29, 1.82) is 5.26 Å². The van der Waals surface area contributed by atoms with E-state index >= 15 is 0 Å². The zero-order valence-electron chi connectivity index (χ0n) is 23.8. The van der Waals surface area contributed by atoms with E-state index in [1.807, 2.05) is 30.3 Å². The molecule has 3 heterocycles. The number of aromatic nitrogens is 2. The van der Waals surface area contributed by atoms with Crippen molar-refractivity contribution < 1.29 is 13.2 Å². The first-order chi connectivity index (χ1) is 20.4. The average molecular weight is 607 g/mol. The Bertz CT molecular complexity index is 1780. The molecule has 1 aliphatic carbocycles. The Morgan fingerprint density at radius 2 is 1.88 bits per heavy atom. The van der Waals surface area contributed by atoms with Crippen LogP contribution in [0.25, 0.3) is 21.7 Å². The first kappa shape index (κ1) is 28.8. The fraction of sp³-hybridized carbons (Fsp3) is 0.323. The van der Waals surface area contributed by atoms with Crippen molar-refractivity contribution in [3.8, 4) is 6.07 Å². The van der Waals surface area contributed by atoms with Crippen LogP contribution in [-0.2, 0) is 0 Å². The van der Waals surface area contributed by atoms with Gasteiger partial charge in [0.05, 0.1) is 33.5 Å². The predicted octanol–water partition coefficient (Wildman–Crippen LogP) is 7.18. The normalized spacial score (nSPS) is 16.9. The van der Waals surface area contributed by atoms with Gasteiger partial charge < -0.3 is 16.1 Å². The predicted molar refractivity (Wildman–Crippen MR) is 162 cm³/mol. The largest absolute Gasteiger partial charge is 0.413 e. The lowest BCUT2D eigenvalue weighted by Gasteiger charge is -2.28. The molecule has 2 aliphatic rings. The van der Waals surface area contributed by atoms with Crippen molar-refractivity contribution >= 4 is 44.7 Å². The molecule has 8 nitrogen and oxygen atoms in total. The summed E-state index contributed by atoms with van der Waals surface area (Å²) in [5.41, 5.74) is 7.00. The SMILES string of the molecule is CC(C)(C)CNc1c(C#N)cnc2c(Cl)cc(N[C@H](C3=CN(C4(C(F)(F)F)CC4)NN3)c3cncc4ccccc34)cc12. The summed E-state index contributed by atoms with van der Waals surface area (Å²) in [5.74, 6) is 0.